The third kappa shape index (κ3) is 16.6. The maximum atomic E-state index is 10.3. The zero-order valence-corrected chi connectivity index (χ0v) is 13.2. The molecule has 0 saturated heterocycles. The van der Waals surface area contributed by atoms with Gasteiger partial charge in [0.25, 0.3) is 0 Å². The number of unbranched alkanes of at least 4 members (excludes halogenated alkanes) is 4. The van der Waals surface area contributed by atoms with E-state index in [1.54, 1.807) is 0 Å². The van der Waals surface area contributed by atoms with Crippen molar-refractivity contribution in [1.82, 2.24) is 0 Å². The Morgan fingerprint density at radius 2 is 1.71 bits per heavy atom. The minimum absolute atomic E-state index is 0.269. The standard InChI is InChI=1S/C18H30O3/c1-2-3-4-5-6-8-11-14-17(19)15-12-9-7-10-13-16-18(20)21/h3-4,6,8,11,14,17,19H,2,5,7,9-10,12-13,15-16H2,1H3,(H,20,21)/b4-3+,8-6+,14-11-/t17-/m0/s1. The Kier molecular flexibility index (Phi) is 14.1. The third-order valence-electron chi connectivity index (χ3n) is 3.15. The highest BCUT2D eigenvalue weighted by atomic mass is 16.4. The van der Waals surface area contributed by atoms with E-state index in [2.05, 4.69) is 25.2 Å². The van der Waals surface area contributed by atoms with Crippen LogP contribution in [0.2, 0.25) is 0 Å². The van der Waals surface area contributed by atoms with Gasteiger partial charge in [0.1, 0.15) is 0 Å². The first-order valence-electron chi connectivity index (χ1n) is 8.05. The largest absolute Gasteiger partial charge is 0.481 e. The molecule has 0 aromatic carbocycles. The normalized spacial score (nSPS) is 13.6. The fourth-order valence-electron chi connectivity index (χ4n) is 1.95. The fourth-order valence-corrected chi connectivity index (χ4v) is 1.95. The van der Waals surface area contributed by atoms with Gasteiger partial charge in [-0.25, -0.2) is 0 Å². The number of allylic oxidation sites excluding steroid dienone is 5. The summed E-state index contributed by atoms with van der Waals surface area (Å²) in [4.78, 5) is 10.3. The molecule has 0 bridgehead atoms. The molecule has 2 N–H and O–H groups in total. The maximum absolute atomic E-state index is 10.3. The summed E-state index contributed by atoms with van der Waals surface area (Å²) in [7, 11) is 0. The molecule has 0 aliphatic carbocycles. The quantitative estimate of drug-likeness (QED) is 0.296. The maximum Gasteiger partial charge on any atom is 0.303 e. The molecule has 21 heavy (non-hydrogen) atoms. The van der Waals surface area contributed by atoms with Gasteiger partial charge in [0.2, 0.25) is 0 Å². The summed E-state index contributed by atoms with van der Waals surface area (Å²) >= 11 is 0. The average Bonchev–Trinajstić information content (AvgIpc) is 2.45. The summed E-state index contributed by atoms with van der Waals surface area (Å²) < 4.78 is 0. The van der Waals surface area contributed by atoms with Crippen LogP contribution in [0.25, 0.3) is 0 Å². The number of carboxylic acid groups (broad SMARTS) is 1. The molecule has 0 heterocycles. The predicted molar refractivity (Wildman–Crippen MR) is 88.3 cm³/mol. The van der Waals surface area contributed by atoms with Crippen LogP contribution in [0.1, 0.15) is 64.7 Å². The molecule has 1 atom stereocenters. The lowest BCUT2D eigenvalue weighted by Gasteiger charge is -2.04. The topological polar surface area (TPSA) is 57.5 Å². The summed E-state index contributed by atoms with van der Waals surface area (Å²) in [5.41, 5.74) is 0. The predicted octanol–water partition coefficient (Wildman–Crippen LogP) is 4.63. The molecule has 0 aliphatic heterocycles. The van der Waals surface area contributed by atoms with E-state index in [1.807, 2.05) is 18.2 Å². The van der Waals surface area contributed by atoms with Crippen LogP contribution in [0.15, 0.2) is 36.5 Å². The Bertz CT molecular complexity index is 329. The molecule has 0 aliphatic rings. The summed E-state index contributed by atoms with van der Waals surface area (Å²) in [6, 6.07) is 0. The number of rotatable bonds is 13. The van der Waals surface area contributed by atoms with Crippen LogP contribution in [-0.4, -0.2) is 22.3 Å². The van der Waals surface area contributed by atoms with E-state index in [0.717, 1.165) is 51.4 Å². The van der Waals surface area contributed by atoms with E-state index in [9.17, 15) is 9.90 Å². The lowest BCUT2D eigenvalue weighted by atomic mass is 10.1. The molecule has 0 fully saturated rings. The van der Waals surface area contributed by atoms with E-state index >= 15 is 0 Å². The molecule has 0 saturated carbocycles. The molecule has 0 rings (SSSR count). The number of aliphatic hydroxyl groups excluding tert-OH is 1. The number of hydrogen-bond acceptors (Lipinski definition) is 2. The van der Waals surface area contributed by atoms with Gasteiger partial charge in [-0.1, -0.05) is 69.1 Å². The van der Waals surface area contributed by atoms with Crippen molar-refractivity contribution in [2.45, 2.75) is 70.8 Å². The third-order valence-corrected chi connectivity index (χ3v) is 3.15. The van der Waals surface area contributed by atoms with Crippen molar-refractivity contribution in [3.63, 3.8) is 0 Å². The van der Waals surface area contributed by atoms with Gasteiger partial charge in [0, 0.05) is 6.42 Å². The summed E-state index contributed by atoms with van der Waals surface area (Å²) in [6.07, 6.45) is 19.5. The highest BCUT2D eigenvalue weighted by Crippen LogP contribution is 2.09. The number of hydrogen-bond donors (Lipinski definition) is 2. The molecule has 0 radical (unpaired) electrons. The highest BCUT2D eigenvalue weighted by molar-refractivity contribution is 5.66. The van der Waals surface area contributed by atoms with Crippen LogP contribution in [0.5, 0.6) is 0 Å². The van der Waals surface area contributed by atoms with Crippen molar-refractivity contribution in [3.8, 4) is 0 Å². The second-order valence-electron chi connectivity index (χ2n) is 5.20. The van der Waals surface area contributed by atoms with Crippen LogP contribution < -0.4 is 0 Å². The van der Waals surface area contributed by atoms with Gasteiger partial charge < -0.3 is 10.2 Å². The fraction of sp³-hybridized carbons (Fsp3) is 0.611. The minimum Gasteiger partial charge on any atom is -0.481 e. The first-order chi connectivity index (χ1) is 10.2. The molecule has 0 aromatic heterocycles. The van der Waals surface area contributed by atoms with Crippen molar-refractivity contribution < 1.29 is 15.0 Å². The van der Waals surface area contributed by atoms with E-state index in [0.29, 0.717) is 0 Å². The Labute approximate surface area is 129 Å². The molecule has 0 unspecified atom stereocenters. The SMILES string of the molecule is CC/C=C/C/C=C/C=C\[C@H](O)CCCCCCCC(=O)O. The average molecular weight is 294 g/mol. The lowest BCUT2D eigenvalue weighted by molar-refractivity contribution is -0.137. The number of aliphatic hydroxyl groups is 1. The summed E-state index contributed by atoms with van der Waals surface area (Å²) in [5, 5.41) is 18.3. The minimum atomic E-state index is -0.714. The first-order valence-corrected chi connectivity index (χ1v) is 8.05. The molecule has 0 aromatic rings. The van der Waals surface area contributed by atoms with Crippen LogP contribution in [0, 0.1) is 0 Å². The van der Waals surface area contributed by atoms with Crippen molar-refractivity contribution in [2.24, 2.45) is 0 Å². The Morgan fingerprint density at radius 1 is 1.00 bits per heavy atom. The summed E-state index contributed by atoms with van der Waals surface area (Å²) in [6.45, 7) is 2.11. The molecule has 0 amide bonds. The van der Waals surface area contributed by atoms with E-state index in [1.165, 1.54) is 0 Å². The lowest BCUT2D eigenvalue weighted by Crippen LogP contribution is -2.01. The monoisotopic (exact) mass is 294 g/mol. The van der Waals surface area contributed by atoms with Gasteiger partial charge in [-0.15, -0.1) is 0 Å². The van der Waals surface area contributed by atoms with Gasteiger partial charge in [-0.3, -0.25) is 4.79 Å². The smallest absolute Gasteiger partial charge is 0.303 e. The second-order valence-corrected chi connectivity index (χ2v) is 5.20. The zero-order valence-electron chi connectivity index (χ0n) is 13.2. The van der Waals surface area contributed by atoms with Crippen molar-refractivity contribution in [3.05, 3.63) is 36.5 Å². The van der Waals surface area contributed by atoms with Gasteiger partial charge in [0.15, 0.2) is 0 Å². The van der Waals surface area contributed by atoms with Crippen LogP contribution in [0.4, 0.5) is 0 Å². The van der Waals surface area contributed by atoms with Crippen LogP contribution in [0.3, 0.4) is 0 Å². The van der Waals surface area contributed by atoms with Crippen LogP contribution in [-0.2, 0) is 4.79 Å². The molecule has 3 heteroatoms. The second kappa shape index (κ2) is 15.0. The van der Waals surface area contributed by atoms with E-state index in [4.69, 9.17) is 5.11 Å². The zero-order chi connectivity index (χ0) is 15.8. The van der Waals surface area contributed by atoms with E-state index in [-0.39, 0.29) is 12.5 Å². The Hall–Kier alpha value is -1.35. The highest BCUT2D eigenvalue weighted by Gasteiger charge is 1.99. The number of aliphatic carboxylic acids is 1. The van der Waals surface area contributed by atoms with Crippen molar-refractivity contribution in [2.75, 3.05) is 0 Å². The molecule has 3 nitrogen and oxygen atoms in total. The van der Waals surface area contributed by atoms with Crippen molar-refractivity contribution in [1.29, 1.82) is 0 Å². The number of carbonyl (C=O) groups is 1. The molecule has 120 valence electrons. The number of carboxylic acids is 1. The summed E-state index contributed by atoms with van der Waals surface area (Å²) in [5.74, 6) is -0.714. The van der Waals surface area contributed by atoms with Gasteiger partial charge in [0.05, 0.1) is 6.10 Å². The molecule has 0 spiro atoms. The van der Waals surface area contributed by atoms with E-state index < -0.39 is 5.97 Å². The Balaban J connectivity index is 3.46. The van der Waals surface area contributed by atoms with Gasteiger partial charge in [-0.2, -0.15) is 0 Å². The van der Waals surface area contributed by atoms with Gasteiger partial charge in [-0.05, 0) is 25.7 Å². The Morgan fingerprint density at radius 3 is 2.43 bits per heavy atom. The van der Waals surface area contributed by atoms with Crippen molar-refractivity contribution >= 4 is 5.97 Å². The van der Waals surface area contributed by atoms with Crippen LogP contribution >= 0.6 is 0 Å². The molecular formula is C18H30O3. The van der Waals surface area contributed by atoms with Gasteiger partial charge >= 0.3 is 5.97 Å². The molecular weight excluding hydrogens is 264 g/mol. The first kappa shape index (κ1) is 19.7.